The minimum atomic E-state index is -0.551. The van der Waals surface area contributed by atoms with E-state index in [9.17, 15) is 9.59 Å². The smallest absolute Gasteiger partial charge is 0.352 e. The summed E-state index contributed by atoms with van der Waals surface area (Å²) in [7, 11) is 0. The van der Waals surface area contributed by atoms with Gasteiger partial charge in [0.15, 0.2) is 11.5 Å². The number of rotatable bonds is 3. The zero-order valence-electron chi connectivity index (χ0n) is 13.8. The van der Waals surface area contributed by atoms with Crippen molar-refractivity contribution in [3.8, 4) is 11.4 Å². The van der Waals surface area contributed by atoms with E-state index in [0.29, 0.717) is 11.5 Å². The fourth-order valence-corrected chi connectivity index (χ4v) is 5.00. The van der Waals surface area contributed by atoms with Crippen molar-refractivity contribution in [3.63, 3.8) is 0 Å². The number of carbonyl (C=O) groups excluding carboxylic acids is 1. The number of hydrogen-bond acceptors (Lipinski definition) is 5. The number of nitrogens with two attached hydrogens (primary N) is 1. The summed E-state index contributed by atoms with van der Waals surface area (Å²) >= 11 is 1.56. The predicted molar refractivity (Wildman–Crippen MR) is 99.3 cm³/mol. The summed E-state index contributed by atoms with van der Waals surface area (Å²) in [4.78, 5) is 31.2. The lowest BCUT2D eigenvalue weighted by molar-refractivity contribution is -0.118. The first-order valence-corrected chi connectivity index (χ1v) is 9.22. The van der Waals surface area contributed by atoms with Crippen molar-refractivity contribution >= 4 is 33.1 Å². The van der Waals surface area contributed by atoms with Crippen LogP contribution >= 0.6 is 11.3 Å². The number of benzene rings is 1. The summed E-state index contributed by atoms with van der Waals surface area (Å²) in [6.45, 7) is -0.162. The van der Waals surface area contributed by atoms with Crippen molar-refractivity contribution in [3.05, 3.63) is 51.3 Å². The highest BCUT2D eigenvalue weighted by Gasteiger charge is 2.25. The molecule has 0 saturated heterocycles. The monoisotopic (exact) mass is 365 g/mol. The fraction of sp³-hybridized carbons (Fsp3) is 0.222. The Bertz CT molecular complexity index is 1240. The Morgan fingerprint density at radius 1 is 1.23 bits per heavy atom. The van der Waals surface area contributed by atoms with E-state index in [-0.39, 0.29) is 12.2 Å². The molecule has 0 spiro atoms. The van der Waals surface area contributed by atoms with Crippen LogP contribution in [0.3, 0.4) is 0 Å². The number of aromatic nitrogens is 4. The first-order chi connectivity index (χ1) is 12.6. The lowest BCUT2D eigenvalue weighted by atomic mass is 10.2. The fourth-order valence-electron chi connectivity index (χ4n) is 3.62. The average molecular weight is 365 g/mol. The highest BCUT2D eigenvalue weighted by atomic mass is 32.1. The van der Waals surface area contributed by atoms with E-state index in [1.54, 1.807) is 11.3 Å². The molecule has 1 amide bonds. The van der Waals surface area contributed by atoms with E-state index in [1.807, 2.05) is 30.3 Å². The van der Waals surface area contributed by atoms with Gasteiger partial charge in [0.05, 0.1) is 5.39 Å². The van der Waals surface area contributed by atoms with Crippen molar-refractivity contribution in [1.29, 1.82) is 0 Å². The first kappa shape index (κ1) is 15.3. The molecular formula is C18H15N5O2S. The van der Waals surface area contributed by atoms with Gasteiger partial charge in [-0.05, 0) is 24.8 Å². The quantitative estimate of drug-likeness (QED) is 0.598. The maximum absolute atomic E-state index is 13.0. The normalized spacial score (nSPS) is 13.5. The molecule has 0 bridgehead atoms. The number of carbonyl (C=O) groups is 1. The van der Waals surface area contributed by atoms with Gasteiger partial charge < -0.3 is 5.73 Å². The summed E-state index contributed by atoms with van der Waals surface area (Å²) < 4.78 is 2.73. The number of thiophene rings is 1. The van der Waals surface area contributed by atoms with Crippen molar-refractivity contribution in [1.82, 2.24) is 19.2 Å². The minimum absolute atomic E-state index is 0.162. The predicted octanol–water partition coefficient (Wildman–Crippen LogP) is 1.75. The molecular weight excluding hydrogens is 350 g/mol. The Morgan fingerprint density at radius 3 is 2.81 bits per heavy atom. The molecule has 0 fully saturated rings. The largest absolute Gasteiger partial charge is 0.368 e. The van der Waals surface area contributed by atoms with Crippen LogP contribution < -0.4 is 11.4 Å². The molecule has 3 aromatic heterocycles. The van der Waals surface area contributed by atoms with Gasteiger partial charge in [-0.25, -0.2) is 9.78 Å². The molecule has 3 heterocycles. The van der Waals surface area contributed by atoms with Crippen LogP contribution in [0.5, 0.6) is 0 Å². The van der Waals surface area contributed by atoms with Gasteiger partial charge >= 0.3 is 5.69 Å². The topological polar surface area (TPSA) is 95.3 Å². The van der Waals surface area contributed by atoms with Gasteiger partial charge in [0.2, 0.25) is 5.91 Å². The van der Waals surface area contributed by atoms with Crippen molar-refractivity contribution < 1.29 is 4.79 Å². The van der Waals surface area contributed by atoms with Gasteiger partial charge in [-0.2, -0.15) is 4.52 Å². The zero-order valence-corrected chi connectivity index (χ0v) is 14.6. The van der Waals surface area contributed by atoms with Crippen LogP contribution in [0.25, 0.3) is 27.3 Å². The summed E-state index contributed by atoms with van der Waals surface area (Å²) in [5.74, 6) is -0.0523. The molecule has 4 aromatic rings. The van der Waals surface area contributed by atoms with Crippen LogP contribution in [0.15, 0.2) is 35.1 Å². The van der Waals surface area contributed by atoms with Gasteiger partial charge in [0, 0.05) is 10.4 Å². The third-order valence-corrected chi connectivity index (χ3v) is 6.05. The molecule has 1 aliphatic rings. The minimum Gasteiger partial charge on any atom is -0.368 e. The molecule has 7 nitrogen and oxygen atoms in total. The Kier molecular flexibility index (Phi) is 3.23. The average Bonchev–Trinajstić information content (AvgIpc) is 3.32. The van der Waals surface area contributed by atoms with Gasteiger partial charge in [-0.3, -0.25) is 9.36 Å². The molecule has 26 heavy (non-hydrogen) atoms. The Balaban J connectivity index is 1.90. The van der Waals surface area contributed by atoms with E-state index >= 15 is 0 Å². The molecule has 8 heteroatoms. The van der Waals surface area contributed by atoms with Crippen molar-refractivity contribution in [2.45, 2.75) is 25.8 Å². The maximum Gasteiger partial charge on any atom is 0.352 e. The number of amides is 1. The Labute approximate surface area is 151 Å². The van der Waals surface area contributed by atoms with Crippen LogP contribution in [0.2, 0.25) is 0 Å². The van der Waals surface area contributed by atoms with E-state index in [2.05, 4.69) is 10.1 Å². The van der Waals surface area contributed by atoms with E-state index in [1.165, 1.54) is 19.5 Å². The van der Waals surface area contributed by atoms with Crippen LogP contribution in [0.4, 0.5) is 0 Å². The first-order valence-electron chi connectivity index (χ1n) is 8.41. The Morgan fingerprint density at radius 2 is 2.04 bits per heavy atom. The Hall–Kier alpha value is -3.00. The zero-order chi connectivity index (χ0) is 17.8. The summed E-state index contributed by atoms with van der Waals surface area (Å²) in [5, 5.41) is 5.36. The van der Waals surface area contributed by atoms with Crippen LogP contribution in [-0.4, -0.2) is 25.1 Å². The molecule has 1 aliphatic carbocycles. The second-order valence-electron chi connectivity index (χ2n) is 6.41. The standard InChI is InChI=1S/C18H15N5O2S/c19-13(24)9-22-17-14(11-7-4-8-12(11)26-17)16-20-15(21-23(16)18(22)25)10-5-2-1-3-6-10/h1-3,5-6H,4,7-9H2,(H2,19,24). The molecule has 130 valence electrons. The van der Waals surface area contributed by atoms with E-state index in [4.69, 9.17) is 5.73 Å². The van der Waals surface area contributed by atoms with E-state index < -0.39 is 5.91 Å². The summed E-state index contributed by atoms with van der Waals surface area (Å²) in [6.07, 6.45) is 3.04. The third kappa shape index (κ3) is 2.12. The van der Waals surface area contributed by atoms with Crippen molar-refractivity contribution in [2.24, 2.45) is 5.73 Å². The molecule has 2 N–H and O–H groups in total. The number of fused-ring (bicyclic) bond motifs is 5. The number of nitrogens with zero attached hydrogens (tertiary/aromatic N) is 4. The lowest BCUT2D eigenvalue weighted by Crippen LogP contribution is -2.32. The molecule has 1 aromatic carbocycles. The molecule has 0 radical (unpaired) electrons. The molecule has 5 rings (SSSR count). The van der Waals surface area contributed by atoms with Gasteiger partial charge in [0.25, 0.3) is 0 Å². The van der Waals surface area contributed by atoms with E-state index in [0.717, 1.165) is 35.0 Å². The number of aryl methyl sites for hydroxylation is 2. The maximum atomic E-state index is 13.0. The second kappa shape index (κ2) is 5.50. The SMILES string of the molecule is NC(=O)Cn1c(=O)n2nc(-c3ccccc3)nc2c2c3c(sc21)CCC3. The van der Waals surface area contributed by atoms with Gasteiger partial charge in [-0.15, -0.1) is 16.4 Å². The van der Waals surface area contributed by atoms with Crippen molar-refractivity contribution in [2.75, 3.05) is 0 Å². The van der Waals surface area contributed by atoms with Gasteiger partial charge in [0.1, 0.15) is 11.4 Å². The third-order valence-electron chi connectivity index (χ3n) is 4.74. The van der Waals surface area contributed by atoms with Crippen LogP contribution in [0, 0.1) is 0 Å². The molecule has 0 unspecified atom stereocenters. The number of hydrogen-bond donors (Lipinski definition) is 1. The number of primary amides is 1. The highest BCUT2D eigenvalue weighted by Crippen LogP contribution is 2.38. The van der Waals surface area contributed by atoms with Crippen LogP contribution in [-0.2, 0) is 24.2 Å². The molecule has 0 atom stereocenters. The van der Waals surface area contributed by atoms with Crippen LogP contribution in [0.1, 0.15) is 16.9 Å². The summed E-state index contributed by atoms with van der Waals surface area (Å²) in [6, 6.07) is 9.55. The summed E-state index contributed by atoms with van der Waals surface area (Å²) in [5.41, 5.74) is 7.61. The van der Waals surface area contributed by atoms with Gasteiger partial charge in [-0.1, -0.05) is 30.3 Å². The lowest BCUT2D eigenvalue weighted by Gasteiger charge is -2.06. The highest BCUT2D eigenvalue weighted by molar-refractivity contribution is 7.19. The second-order valence-corrected chi connectivity index (χ2v) is 7.49. The molecule has 0 saturated carbocycles. The molecule has 0 aliphatic heterocycles.